The first-order valence-corrected chi connectivity index (χ1v) is 10.5. The van der Waals surface area contributed by atoms with Crippen LogP contribution in [0.15, 0.2) is 30.9 Å². The molecule has 0 aliphatic carbocycles. The standard InChI is InChI=1S/C22H24N8O4/c1-12-16(31)22(34-17(12)20(32)24-2)30-11-26-15-18(23)27-14(28-19(15)30)5-4-10-29(3)21(33)13-6-8-25-9-7-13/h6-9,11-12,16-17,22,31H,10H2,1-3H3,(H,24,32)(H2,23,27,28)/t12-,16+,17?,22?/m0/s1. The summed E-state index contributed by atoms with van der Waals surface area (Å²) in [6.45, 7) is 1.87. The van der Waals surface area contributed by atoms with E-state index in [0.29, 0.717) is 16.7 Å². The zero-order chi connectivity index (χ0) is 24.4. The van der Waals surface area contributed by atoms with Gasteiger partial charge in [0.05, 0.1) is 12.9 Å². The number of hydrogen-bond donors (Lipinski definition) is 3. The summed E-state index contributed by atoms with van der Waals surface area (Å²) in [6.07, 6.45) is 1.84. The molecule has 3 aromatic heterocycles. The van der Waals surface area contributed by atoms with Gasteiger partial charge in [0.2, 0.25) is 11.7 Å². The van der Waals surface area contributed by atoms with Crippen LogP contribution in [0.5, 0.6) is 0 Å². The molecule has 1 fully saturated rings. The summed E-state index contributed by atoms with van der Waals surface area (Å²) in [4.78, 5) is 42.7. The molecule has 1 saturated heterocycles. The highest BCUT2D eigenvalue weighted by Gasteiger charge is 2.45. The second-order valence-corrected chi connectivity index (χ2v) is 7.87. The number of amides is 2. The third-order valence-corrected chi connectivity index (χ3v) is 5.61. The zero-order valence-electron chi connectivity index (χ0n) is 18.8. The summed E-state index contributed by atoms with van der Waals surface area (Å²) >= 11 is 0. The highest BCUT2D eigenvalue weighted by Crippen LogP contribution is 2.35. The molecule has 3 aromatic rings. The Bertz CT molecular complexity index is 1280. The lowest BCUT2D eigenvalue weighted by molar-refractivity contribution is -0.135. The van der Waals surface area contributed by atoms with Gasteiger partial charge in [-0.3, -0.25) is 19.1 Å². The normalized spacial score (nSPS) is 21.6. The minimum atomic E-state index is -0.974. The molecule has 4 heterocycles. The number of pyridine rings is 1. The molecule has 0 saturated carbocycles. The number of carbonyl (C=O) groups excluding carboxylic acids is 2. The van der Waals surface area contributed by atoms with Crippen molar-refractivity contribution in [1.82, 2.24) is 34.7 Å². The summed E-state index contributed by atoms with van der Waals surface area (Å²) in [5.41, 5.74) is 7.19. The fourth-order valence-electron chi connectivity index (χ4n) is 3.67. The molecule has 1 aliphatic rings. The Labute approximate surface area is 195 Å². The van der Waals surface area contributed by atoms with E-state index in [2.05, 4.69) is 37.1 Å². The second kappa shape index (κ2) is 9.42. The van der Waals surface area contributed by atoms with Crippen molar-refractivity contribution in [3.05, 3.63) is 42.2 Å². The quantitative estimate of drug-likeness (QED) is 0.435. The number of fused-ring (bicyclic) bond motifs is 1. The molecular weight excluding hydrogens is 440 g/mol. The Morgan fingerprint density at radius 1 is 1.32 bits per heavy atom. The number of nitrogens with one attached hydrogen (secondary N) is 1. The molecule has 0 spiro atoms. The number of imidazole rings is 1. The van der Waals surface area contributed by atoms with Gasteiger partial charge in [0.25, 0.3) is 5.91 Å². The molecule has 4 N–H and O–H groups in total. The second-order valence-electron chi connectivity index (χ2n) is 7.87. The van der Waals surface area contributed by atoms with Crippen molar-refractivity contribution in [2.24, 2.45) is 5.92 Å². The molecule has 0 aromatic carbocycles. The lowest BCUT2D eigenvalue weighted by Gasteiger charge is -2.17. The number of aliphatic hydroxyl groups excluding tert-OH is 1. The molecule has 2 amide bonds. The minimum Gasteiger partial charge on any atom is -0.388 e. The summed E-state index contributed by atoms with van der Waals surface area (Å²) < 4.78 is 7.34. The van der Waals surface area contributed by atoms with Gasteiger partial charge in [0.15, 0.2) is 17.7 Å². The van der Waals surface area contributed by atoms with E-state index in [-0.39, 0.29) is 30.0 Å². The SMILES string of the molecule is CNC(=O)C1OC(n2cnc3c(N)nc(C#CCN(C)C(=O)c4ccncc4)nc32)[C@H](O)[C@@H]1C. The number of nitrogen functional groups attached to an aromatic ring is 1. The predicted molar refractivity (Wildman–Crippen MR) is 121 cm³/mol. The molecule has 2 unspecified atom stereocenters. The number of anilines is 1. The van der Waals surface area contributed by atoms with Crippen LogP contribution >= 0.6 is 0 Å². The Kier molecular flexibility index (Phi) is 6.40. The van der Waals surface area contributed by atoms with Gasteiger partial charge < -0.3 is 25.8 Å². The number of likely N-dealkylation sites (N-methyl/N-ethyl adjacent to an activating group) is 1. The van der Waals surface area contributed by atoms with Crippen molar-refractivity contribution in [3.63, 3.8) is 0 Å². The topological polar surface area (TPSA) is 161 Å². The van der Waals surface area contributed by atoms with Crippen molar-refractivity contribution in [3.8, 4) is 11.8 Å². The van der Waals surface area contributed by atoms with E-state index in [4.69, 9.17) is 10.5 Å². The van der Waals surface area contributed by atoms with Gasteiger partial charge in [-0.25, -0.2) is 15.0 Å². The molecule has 0 radical (unpaired) electrons. The predicted octanol–water partition coefficient (Wildman–Crippen LogP) is -0.432. The monoisotopic (exact) mass is 464 g/mol. The molecule has 4 rings (SSSR count). The molecule has 12 heteroatoms. The lowest BCUT2D eigenvalue weighted by atomic mass is 10.00. The fourth-order valence-corrected chi connectivity index (χ4v) is 3.67. The first-order chi connectivity index (χ1) is 16.3. The lowest BCUT2D eigenvalue weighted by Crippen LogP contribution is -2.36. The van der Waals surface area contributed by atoms with Gasteiger partial charge >= 0.3 is 0 Å². The van der Waals surface area contributed by atoms with Crippen molar-refractivity contribution in [2.45, 2.75) is 25.4 Å². The van der Waals surface area contributed by atoms with Crippen molar-refractivity contribution in [1.29, 1.82) is 0 Å². The fraction of sp³-hybridized carbons (Fsp3) is 0.364. The number of carbonyl (C=O) groups is 2. The van der Waals surface area contributed by atoms with Crippen LogP contribution in [0.2, 0.25) is 0 Å². The van der Waals surface area contributed by atoms with Crippen LogP contribution < -0.4 is 11.1 Å². The summed E-state index contributed by atoms with van der Waals surface area (Å²) in [7, 11) is 3.14. The van der Waals surface area contributed by atoms with Crippen LogP contribution in [0, 0.1) is 17.8 Å². The van der Waals surface area contributed by atoms with Gasteiger partial charge in [0.1, 0.15) is 17.7 Å². The van der Waals surface area contributed by atoms with Crippen LogP contribution in [0.1, 0.15) is 29.3 Å². The maximum atomic E-state index is 12.4. The summed E-state index contributed by atoms with van der Waals surface area (Å²) in [5, 5.41) is 13.2. The third kappa shape index (κ3) is 4.26. The van der Waals surface area contributed by atoms with E-state index in [1.807, 2.05) is 0 Å². The van der Waals surface area contributed by atoms with E-state index in [1.165, 1.54) is 22.8 Å². The first-order valence-electron chi connectivity index (χ1n) is 10.5. The van der Waals surface area contributed by atoms with Crippen LogP contribution in [0.4, 0.5) is 5.82 Å². The number of aliphatic hydroxyl groups is 1. The molecule has 12 nitrogen and oxygen atoms in total. The number of hydrogen-bond acceptors (Lipinski definition) is 9. The smallest absolute Gasteiger partial charge is 0.254 e. The van der Waals surface area contributed by atoms with E-state index < -0.39 is 24.4 Å². The zero-order valence-corrected chi connectivity index (χ0v) is 18.8. The number of nitrogens with two attached hydrogens (primary N) is 1. The molecule has 34 heavy (non-hydrogen) atoms. The van der Waals surface area contributed by atoms with Gasteiger partial charge in [-0.1, -0.05) is 12.8 Å². The van der Waals surface area contributed by atoms with Gasteiger partial charge in [0, 0.05) is 38.0 Å². The van der Waals surface area contributed by atoms with Crippen LogP contribution in [-0.4, -0.2) is 79.2 Å². The van der Waals surface area contributed by atoms with Crippen LogP contribution in [0.3, 0.4) is 0 Å². The summed E-state index contributed by atoms with van der Waals surface area (Å²) in [5.74, 6) is 4.94. The molecule has 176 valence electrons. The average Bonchev–Trinajstić information content (AvgIpc) is 3.39. The number of nitrogens with zero attached hydrogens (tertiary/aromatic N) is 6. The average molecular weight is 464 g/mol. The van der Waals surface area contributed by atoms with Gasteiger partial charge in [-0.2, -0.15) is 0 Å². The van der Waals surface area contributed by atoms with Crippen molar-refractivity contribution >= 4 is 28.8 Å². The number of rotatable bonds is 4. The van der Waals surface area contributed by atoms with E-state index in [1.54, 1.807) is 38.5 Å². The summed E-state index contributed by atoms with van der Waals surface area (Å²) in [6, 6.07) is 3.25. The maximum Gasteiger partial charge on any atom is 0.254 e. The number of aromatic nitrogens is 5. The maximum absolute atomic E-state index is 12.4. The number of ether oxygens (including phenoxy) is 1. The first kappa shape index (κ1) is 23.1. The van der Waals surface area contributed by atoms with E-state index >= 15 is 0 Å². The molecule has 1 aliphatic heterocycles. The largest absolute Gasteiger partial charge is 0.388 e. The van der Waals surface area contributed by atoms with E-state index in [0.717, 1.165) is 0 Å². The highest BCUT2D eigenvalue weighted by molar-refractivity contribution is 5.94. The van der Waals surface area contributed by atoms with Gasteiger partial charge in [-0.05, 0) is 18.1 Å². The Morgan fingerprint density at radius 2 is 2.06 bits per heavy atom. The van der Waals surface area contributed by atoms with Crippen LogP contribution in [-0.2, 0) is 9.53 Å². The van der Waals surface area contributed by atoms with E-state index in [9.17, 15) is 14.7 Å². The van der Waals surface area contributed by atoms with Gasteiger partial charge in [-0.15, -0.1) is 0 Å². The minimum absolute atomic E-state index is 0.109. The molecule has 4 atom stereocenters. The third-order valence-electron chi connectivity index (χ3n) is 5.61. The van der Waals surface area contributed by atoms with Crippen molar-refractivity contribution < 1.29 is 19.4 Å². The molecule has 0 bridgehead atoms. The Morgan fingerprint density at radius 3 is 2.76 bits per heavy atom. The highest BCUT2D eigenvalue weighted by atomic mass is 16.5. The molecular formula is C22H24N8O4. The van der Waals surface area contributed by atoms with Crippen LogP contribution in [0.25, 0.3) is 11.2 Å². The Balaban J connectivity index is 1.57. The van der Waals surface area contributed by atoms with Crippen molar-refractivity contribution in [2.75, 3.05) is 26.4 Å². The Hall–Kier alpha value is -4.08.